The Morgan fingerprint density at radius 2 is 1.67 bits per heavy atom. The summed E-state index contributed by atoms with van der Waals surface area (Å²) in [6, 6.07) is 14.1. The van der Waals surface area contributed by atoms with E-state index in [-0.39, 0.29) is 28.1 Å². The molecule has 3 aromatic rings. The topological polar surface area (TPSA) is 125 Å². The first kappa shape index (κ1) is 25.1. The van der Waals surface area contributed by atoms with Gasteiger partial charge in [-0.2, -0.15) is 0 Å². The molecule has 1 unspecified atom stereocenters. The van der Waals surface area contributed by atoms with E-state index in [1.165, 1.54) is 30.3 Å². The molecule has 3 aromatic carbocycles. The lowest BCUT2D eigenvalue weighted by atomic mass is 10.0. The molecule has 1 aliphatic rings. The predicted octanol–water partition coefficient (Wildman–Crippen LogP) is 3.83. The van der Waals surface area contributed by atoms with Crippen LogP contribution in [0.25, 0.3) is 11.1 Å². The number of hydrogen-bond acceptors (Lipinski definition) is 5. The van der Waals surface area contributed by atoms with E-state index in [4.69, 9.17) is 11.6 Å². The van der Waals surface area contributed by atoms with Gasteiger partial charge in [0, 0.05) is 33.8 Å². The average molecular weight is 531 g/mol. The normalized spacial score (nSPS) is 15.4. The number of carbonyl (C=O) groups excluding carboxylic acids is 3. The maximum atomic E-state index is 15.0. The van der Waals surface area contributed by atoms with Gasteiger partial charge in [0.05, 0.1) is 11.3 Å². The van der Waals surface area contributed by atoms with Crippen molar-refractivity contribution in [1.29, 1.82) is 0 Å². The summed E-state index contributed by atoms with van der Waals surface area (Å²) < 4.78 is 39.1. The van der Waals surface area contributed by atoms with Crippen LogP contribution in [0.2, 0.25) is 5.02 Å². The van der Waals surface area contributed by atoms with Gasteiger partial charge in [0.1, 0.15) is 11.9 Å². The first-order valence-corrected chi connectivity index (χ1v) is 12.8. The number of nitrogens with one attached hydrogen (secondary N) is 3. The molecule has 0 bridgehead atoms. The Bertz CT molecular complexity index is 1460. The number of sulfone groups is 1. The number of hydrogen-bond donors (Lipinski definition) is 3. The van der Waals surface area contributed by atoms with Crippen molar-refractivity contribution >= 4 is 50.7 Å². The Morgan fingerprint density at radius 1 is 1.00 bits per heavy atom. The highest BCUT2D eigenvalue weighted by molar-refractivity contribution is 7.90. The van der Waals surface area contributed by atoms with Crippen LogP contribution in [-0.2, 0) is 19.4 Å². The third-order valence-corrected chi connectivity index (χ3v) is 6.77. The molecule has 4 rings (SSSR count). The highest BCUT2D eigenvalue weighted by Gasteiger charge is 2.39. The summed E-state index contributed by atoms with van der Waals surface area (Å²) in [7, 11) is -3.61. The Balaban J connectivity index is 1.51. The zero-order chi connectivity index (χ0) is 26.0. The fourth-order valence-corrected chi connectivity index (χ4v) is 4.72. The number of amides is 4. The Kier molecular flexibility index (Phi) is 6.95. The van der Waals surface area contributed by atoms with Crippen LogP contribution in [0, 0.1) is 5.82 Å². The molecule has 36 heavy (non-hydrogen) atoms. The van der Waals surface area contributed by atoms with E-state index in [0.717, 1.165) is 17.3 Å². The van der Waals surface area contributed by atoms with E-state index in [1.54, 1.807) is 30.3 Å². The highest BCUT2D eigenvalue weighted by Crippen LogP contribution is 2.31. The molecule has 0 aliphatic carbocycles. The van der Waals surface area contributed by atoms with Crippen LogP contribution >= 0.6 is 11.6 Å². The largest absolute Gasteiger partial charge is 0.341 e. The summed E-state index contributed by atoms with van der Waals surface area (Å²) in [5, 5.41) is 6.38. The van der Waals surface area contributed by atoms with E-state index in [0.29, 0.717) is 10.7 Å². The van der Waals surface area contributed by atoms with Gasteiger partial charge in [-0.1, -0.05) is 29.8 Å². The zero-order valence-electron chi connectivity index (χ0n) is 18.8. The van der Waals surface area contributed by atoms with Crippen LogP contribution in [0.5, 0.6) is 0 Å². The molecular weight excluding hydrogens is 511 g/mol. The minimum absolute atomic E-state index is 0.0291. The first-order chi connectivity index (χ1) is 17.0. The van der Waals surface area contributed by atoms with Gasteiger partial charge in [0.25, 0.3) is 0 Å². The van der Waals surface area contributed by atoms with Crippen molar-refractivity contribution in [3.63, 3.8) is 0 Å². The number of rotatable bonds is 5. The van der Waals surface area contributed by atoms with Crippen LogP contribution in [0.1, 0.15) is 6.42 Å². The molecule has 0 aromatic heterocycles. The van der Waals surface area contributed by atoms with Crippen molar-refractivity contribution < 1.29 is 27.2 Å². The monoisotopic (exact) mass is 530 g/mol. The number of nitrogens with zero attached hydrogens (tertiary/aromatic N) is 1. The number of carbonyl (C=O) groups is 3. The Hall–Kier alpha value is -3.96. The Morgan fingerprint density at radius 3 is 2.33 bits per heavy atom. The van der Waals surface area contributed by atoms with Crippen molar-refractivity contribution in [2.75, 3.05) is 16.9 Å². The van der Waals surface area contributed by atoms with Crippen LogP contribution in [0.4, 0.5) is 20.6 Å². The summed E-state index contributed by atoms with van der Waals surface area (Å²) >= 11 is 5.83. The lowest BCUT2D eigenvalue weighted by Gasteiger charge is -2.23. The summed E-state index contributed by atoms with van der Waals surface area (Å²) in [5.74, 6) is -2.02. The molecule has 1 saturated heterocycles. The van der Waals surface area contributed by atoms with Crippen molar-refractivity contribution in [1.82, 2.24) is 10.4 Å². The van der Waals surface area contributed by atoms with Crippen LogP contribution < -0.4 is 16.1 Å². The maximum Gasteiger partial charge on any atom is 0.341 e. The van der Waals surface area contributed by atoms with Gasteiger partial charge in [0.2, 0.25) is 11.8 Å². The summed E-state index contributed by atoms with van der Waals surface area (Å²) in [4.78, 5) is 37.5. The average Bonchev–Trinajstić information content (AvgIpc) is 3.22. The number of halogens is 2. The van der Waals surface area contributed by atoms with Crippen molar-refractivity contribution in [3.8, 4) is 11.1 Å². The minimum atomic E-state index is -3.61. The van der Waals surface area contributed by atoms with E-state index >= 15 is 0 Å². The molecule has 1 atom stereocenters. The maximum absolute atomic E-state index is 15.0. The second kappa shape index (κ2) is 9.96. The molecule has 186 valence electrons. The second-order valence-corrected chi connectivity index (χ2v) is 10.4. The second-order valence-electron chi connectivity index (χ2n) is 8.01. The van der Waals surface area contributed by atoms with Gasteiger partial charge in [-0.05, 0) is 48.5 Å². The molecule has 12 heteroatoms. The number of anilines is 2. The van der Waals surface area contributed by atoms with Gasteiger partial charge in [0.15, 0.2) is 9.84 Å². The fourth-order valence-electron chi connectivity index (χ4n) is 3.69. The molecule has 1 fully saturated rings. The molecule has 4 amide bonds. The van der Waals surface area contributed by atoms with Gasteiger partial charge >= 0.3 is 6.03 Å². The van der Waals surface area contributed by atoms with Crippen LogP contribution in [0.3, 0.4) is 0 Å². The van der Waals surface area contributed by atoms with E-state index in [9.17, 15) is 27.2 Å². The zero-order valence-corrected chi connectivity index (χ0v) is 20.4. The Labute approximate surface area is 211 Å². The number of urea groups is 1. The fraction of sp³-hybridized carbons (Fsp3) is 0.125. The van der Waals surface area contributed by atoms with Crippen molar-refractivity contribution in [2.24, 2.45) is 0 Å². The highest BCUT2D eigenvalue weighted by atomic mass is 35.5. The predicted molar refractivity (Wildman–Crippen MR) is 132 cm³/mol. The van der Waals surface area contributed by atoms with Crippen molar-refractivity contribution in [2.45, 2.75) is 17.4 Å². The molecule has 0 spiro atoms. The van der Waals surface area contributed by atoms with E-state index < -0.39 is 39.5 Å². The quantitative estimate of drug-likeness (QED) is 0.462. The number of benzene rings is 3. The summed E-state index contributed by atoms with van der Waals surface area (Å²) in [6.45, 7) is 0. The molecule has 3 N–H and O–H groups in total. The molecule has 0 saturated carbocycles. The standard InChI is InChI=1S/C24H20ClFN4O5S/c1-36(34,35)21-5-3-2-4-18(21)17-11-10-16(12-19(17)26)27-23(32)20-13-22(31)29-30(20)24(33)28-15-8-6-14(25)7-9-15/h2-12,20H,13H2,1H3,(H,27,32)(H,28,33)(H,29,31). The van der Waals surface area contributed by atoms with Gasteiger partial charge in [-0.3, -0.25) is 15.0 Å². The summed E-state index contributed by atoms with van der Waals surface area (Å²) in [5.41, 5.74) is 3.02. The van der Waals surface area contributed by atoms with Crippen LogP contribution in [0.15, 0.2) is 71.6 Å². The van der Waals surface area contributed by atoms with Gasteiger partial charge in [-0.25, -0.2) is 22.6 Å². The number of hydrazine groups is 1. The van der Waals surface area contributed by atoms with Crippen molar-refractivity contribution in [3.05, 3.63) is 77.6 Å². The van der Waals surface area contributed by atoms with Gasteiger partial charge < -0.3 is 10.6 Å². The van der Waals surface area contributed by atoms with E-state index in [1.807, 2.05) is 0 Å². The lowest BCUT2D eigenvalue weighted by molar-refractivity contribution is -0.121. The molecule has 0 radical (unpaired) electrons. The lowest BCUT2D eigenvalue weighted by Crippen LogP contribution is -2.50. The molecule has 9 nitrogen and oxygen atoms in total. The molecule has 1 aliphatic heterocycles. The first-order valence-electron chi connectivity index (χ1n) is 10.6. The van der Waals surface area contributed by atoms with Crippen LogP contribution in [-0.4, -0.2) is 43.6 Å². The molecule has 1 heterocycles. The van der Waals surface area contributed by atoms with Gasteiger partial charge in [-0.15, -0.1) is 0 Å². The minimum Gasteiger partial charge on any atom is -0.324 e. The smallest absolute Gasteiger partial charge is 0.324 e. The molecular formula is C24H20ClFN4O5S. The third-order valence-electron chi connectivity index (χ3n) is 5.37. The SMILES string of the molecule is CS(=O)(=O)c1ccccc1-c1ccc(NC(=O)C2CC(=O)NN2C(=O)Nc2ccc(Cl)cc2)cc1F. The van der Waals surface area contributed by atoms with E-state index in [2.05, 4.69) is 16.1 Å². The summed E-state index contributed by atoms with van der Waals surface area (Å²) in [6.07, 6.45) is 0.742. The third kappa shape index (κ3) is 5.47.